The first-order valence-electron chi connectivity index (χ1n) is 5.90. The van der Waals surface area contributed by atoms with Crippen LogP contribution in [0.1, 0.15) is 5.76 Å². The van der Waals surface area contributed by atoms with Gasteiger partial charge in [-0.2, -0.15) is 5.10 Å². The highest BCUT2D eigenvalue weighted by Crippen LogP contribution is 2.00. The molecule has 0 spiro atoms. The minimum absolute atomic E-state index is 0.442. The average Bonchev–Trinajstić information content (AvgIpc) is 3.05. The molecule has 0 atom stereocenters. The number of nitrogens with one attached hydrogen (secondary N) is 2. The molecule has 1 fully saturated rings. The summed E-state index contributed by atoms with van der Waals surface area (Å²) in [6.07, 6.45) is 1.61. The number of hydrogen-bond acceptors (Lipinski definition) is 7. The molecular formula is C11H20N6O2. The van der Waals surface area contributed by atoms with Crippen LogP contribution in [0.5, 0.6) is 0 Å². The normalized spacial score (nSPS) is 13.7. The lowest BCUT2D eigenvalue weighted by atomic mass is 10.5. The lowest BCUT2D eigenvalue weighted by Gasteiger charge is -2.10. The van der Waals surface area contributed by atoms with E-state index in [-0.39, 0.29) is 0 Å². The van der Waals surface area contributed by atoms with E-state index in [0.29, 0.717) is 11.6 Å². The van der Waals surface area contributed by atoms with Crippen molar-refractivity contribution in [3.8, 4) is 0 Å². The molecule has 0 radical (unpaired) electrons. The maximum atomic E-state index is 5.17. The van der Waals surface area contributed by atoms with Crippen LogP contribution in [0, 0.1) is 6.92 Å². The van der Waals surface area contributed by atoms with Gasteiger partial charge in [0.1, 0.15) is 11.6 Å². The van der Waals surface area contributed by atoms with Crippen LogP contribution in [0.4, 0.5) is 11.6 Å². The fourth-order valence-corrected chi connectivity index (χ4v) is 1.17. The molecule has 1 saturated heterocycles. The van der Waals surface area contributed by atoms with Crippen molar-refractivity contribution in [3.63, 3.8) is 0 Å². The summed E-state index contributed by atoms with van der Waals surface area (Å²) >= 11 is 0. The molecule has 19 heavy (non-hydrogen) atoms. The highest BCUT2D eigenvalue weighted by Gasteiger charge is 1.93. The van der Waals surface area contributed by atoms with Crippen molar-refractivity contribution in [2.24, 2.45) is 0 Å². The monoisotopic (exact) mass is 268 g/mol. The second-order valence-electron chi connectivity index (χ2n) is 3.74. The van der Waals surface area contributed by atoms with Gasteiger partial charge in [0.05, 0.1) is 19.4 Å². The van der Waals surface area contributed by atoms with E-state index in [1.54, 1.807) is 25.3 Å². The standard InChI is InChI=1S/C4H6N2O.C4H9NO.C3H5N3/c1-3-2-4(5)6-7-3;1-3-6-4-2-5-1;4-3-1-2-5-6-3/h2H,1H3,(H2,5,6);5H,1-4H2;1-2H,(H3,4,5,6). The number of nitrogens with zero attached hydrogens (tertiary/aromatic N) is 2. The lowest BCUT2D eigenvalue weighted by Crippen LogP contribution is -2.30. The van der Waals surface area contributed by atoms with Crippen molar-refractivity contribution in [1.29, 1.82) is 0 Å². The van der Waals surface area contributed by atoms with E-state index in [4.69, 9.17) is 16.2 Å². The molecular weight excluding hydrogens is 248 g/mol. The predicted molar refractivity (Wildman–Crippen MR) is 72.3 cm³/mol. The number of H-pyrrole nitrogens is 1. The Kier molecular flexibility index (Phi) is 7.06. The van der Waals surface area contributed by atoms with Crippen LogP contribution >= 0.6 is 0 Å². The maximum absolute atomic E-state index is 5.17. The summed E-state index contributed by atoms with van der Waals surface area (Å²) < 4.78 is 9.60. The second kappa shape index (κ2) is 8.95. The van der Waals surface area contributed by atoms with Gasteiger partial charge in [-0.15, -0.1) is 0 Å². The van der Waals surface area contributed by atoms with Crippen LogP contribution < -0.4 is 16.8 Å². The van der Waals surface area contributed by atoms with E-state index in [0.717, 1.165) is 32.1 Å². The number of aromatic amines is 1. The SMILES string of the molecule is C1COCCN1.Cc1cc(N)no1.Nc1ccn[nH]1. The zero-order valence-electron chi connectivity index (χ0n) is 10.9. The Bertz CT molecular complexity index is 396. The Labute approximate surface area is 111 Å². The number of ether oxygens (including phenoxy) is 1. The van der Waals surface area contributed by atoms with Crippen molar-refractivity contribution in [2.45, 2.75) is 6.92 Å². The van der Waals surface area contributed by atoms with E-state index >= 15 is 0 Å². The number of nitrogens with two attached hydrogens (primary N) is 2. The molecule has 0 unspecified atom stereocenters. The van der Waals surface area contributed by atoms with Crippen molar-refractivity contribution in [2.75, 3.05) is 37.8 Å². The number of rotatable bonds is 0. The van der Waals surface area contributed by atoms with Gasteiger partial charge in [-0.1, -0.05) is 5.16 Å². The Morgan fingerprint density at radius 3 is 2.16 bits per heavy atom. The van der Waals surface area contributed by atoms with E-state index in [1.165, 1.54) is 0 Å². The second-order valence-corrected chi connectivity index (χ2v) is 3.74. The Morgan fingerprint density at radius 2 is 2.00 bits per heavy atom. The van der Waals surface area contributed by atoms with Gasteiger partial charge >= 0.3 is 0 Å². The maximum Gasteiger partial charge on any atom is 0.167 e. The number of nitrogen functional groups attached to an aromatic ring is 2. The van der Waals surface area contributed by atoms with Crippen LogP contribution in [0.3, 0.4) is 0 Å². The average molecular weight is 268 g/mol. The van der Waals surface area contributed by atoms with Gasteiger partial charge in [-0.05, 0) is 13.0 Å². The van der Waals surface area contributed by atoms with Crippen molar-refractivity contribution < 1.29 is 9.26 Å². The lowest BCUT2D eigenvalue weighted by molar-refractivity contribution is 0.109. The summed E-state index contributed by atoms with van der Waals surface area (Å²) in [5.74, 6) is 1.80. The predicted octanol–water partition coefficient (Wildman–Crippen LogP) is 0.163. The minimum atomic E-state index is 0.442. The van der Waals surface area contributed by atoms with E-state index in [9.17, 15) is 0 Å². The first-order chi connectivity index (χ1) is 9.18. The third kappa shape index (κ3) is 7.79. The van der Waals surface area contributed by atoms with Gasteiger partial charge < -0.3 is 26.0 Å². The van der Waals surface area contributed by atoms with Crippen molar-refractivity contribution in [3.05, 3.63) is 24.1 Å². The summed E-state index contributed by atoms with van der Waals surface area (Å²) in [6, 6.07) is 3.36. The van der Waals surface area contributed by atoms with Crippen LogP contribution in [-0.2, 0) is 4.74 Å². The van der Waals surface area contributed by atoms with E-state index in [1.807, 2.05) is 0 Å². The van der Waals surface area contributed by atoms with Gasteiger partial charge in [-0.3, -0.25) is 5.10 Å². The Morgan fingerprint density at radius 1 is 1.26 bits per heavy atom. The molecule has 8 nitrogen and oxygen atoms in total. The van der Waals surface area contributed by atoms with E-state index in [2.05, 4.69) is 25.2 Å². The summed E-state index contributed by atoms with van der Waals surface area (Å²) in [5, 5.41) is 12.7. The fourth-order valence-electron chi connectivity index (χ4n) is 1.17. The molecule has 2 aromatic heterocycles. The molecule has 0 aromatic carbocycles. The fraction of sp³-hybridized carbons (Fsp3) is 0.455. The molecule has 1 aliphatic rings. The molecule has 3 heterocycles. The number of morpholine rings is 1. The van der Waals surface area contributed by atoms with Crippen LogP contribution in [0.2, 0.25) is 0 Å². The highest BCUT2D eigenvalue weighted by atomic mass is 16.5. The molecule has 0 amide bonds. The number of hydrogen-bond donors (Lipinski definition) is 4. The van der Waals surface area contributed by atoms with Gasteiger partial charge in [0, 0.05) is 19.2 Å². The zero-order chi connectivity index (χ0) is 13.9. The molecule has 0 bridgehead atoms. The quantitative estimate of drug-likeness (QED) is 0.536. The molecule has 6 N–H and O–H groups in total. The number of anilines is 2. The third-order valence-corrected chi connectivity index (χ3v) is 2.01. The zero-order valence-corrected chi connectivity index (χ0v) is 10.9. The molecule has 1 aliphatic heterocycles. The Balaban J connectivity index is 0.000000143. The molecule has 0 aliphatic carbocycles. The summed E-state index contributed by atoms with van der Waals surface area (Å²) in [7, 11) is 0. The van der Waals surface area contributed by atoms with E-state index < -0.39 is 0 Å². The number of aryl methyl sites for hydroxylation is 1. The summed E-state index contributed by atoms with van der Waals surface area (Å²) in [4.78, 5) is 0. The Hall–Kier alpha value is -2.06. The summed E-state index contributed by atoms with van der Waals surface area (Å²) in [6.45, 7) is 5.63. The van der Waals surface area contributed by atoms with Gasteiger partial charge in [0.2, 0.25) is 0 Å². The van der Waals surface area contributed by atoms with Crippen LogP contribution in [0.15, 0.2) is 22.9 Å². The molecule has 0 saturated carbocycles. The van der Waals surface area contributed by atoms with Crippen LogP contribution in [0.25, 0.3) is 0 Å². The molecule has 106 valence electrons. The van der Waals surface area contributed by atoms with Crippen molar-refractivity contribution >= 4 is 11.6 Å². The minimum Gasteiger partial charge on any atom is -0.384 e. The topological polar surface area (TPSA) is 128 Å². The highest BCUT2D eigenvalue weighted by molar-refractivity contribution is 5.25. The first kappa shape index (κ1) is 15.0. The van der Waals surface area contributed by atoms with Gasteiger partial charge in [-0.25, -0.2) is 0 Å². The van der Waals surface area contributed by atoms with Crippen LogP contribution in [-0.4, -0.2) is 41.7 Å². The molecule has 2 aromatic rings. The molecule has 8 heteroatoms. The smallest absolute Gasteiger partial charge is 0.167 e. The van der Waals surface area contributed by atoms with Gasteiger partial charge in [0.25, 0.3) is 0 Å². The van der Waals surface area contributed by atoms with Crippen molar-refractivity contribution in [1.82, 2.24) is 20.7 Å². The van der Waals surface area contributed by atoms with Gasteiger partial charge in [0.15, 0.2) is 5.82 Å². The summed E-state index contributed by atoms with van der Waals surface area (Å²) in [5.41, 5.74) is 10.3. The first-order valence-corrected chi connectivity index (χ1v) is 5.90. The third-order valence-electron chi connectivity index (χ3n) is 2.01. The molecule has 3 rings (SSSR count). The number of aromatic nitrogens is 3. The largest absolute Gasteiger partial charge is 0.384 e.